The molecule has 2 aromatic rings. The normalized spacial score (nSPS) is 10.0. The van der Waals surface area contributed by atoms with Gasteiger partial charge in [0.1, 0.15) is 34.8 Å². The number of benzene rings is 2. The summed E-state index contributed by atoms with van der Waals surface area (Å²) in [7, 11) is 0. The number of rotatable bonds is 4. The minimum atomic E-state index is -3.17. The molecule has 0 heterocycles. The topological polar surface area (TPSA) is 63.6 Å². The largest absolute Gasteiger partial charge is 0.508 e. The monoisotopic (exact) mass is 366 g/mol. The van der Waals surface area contributed by atoms with Gasteiger partial charge >= 0.3 is 6.61 Å². The third kappa shape index (κ3) is 5.52. The maximum absolute atomic E-state index is 12.8. The molecule has 0 atom stereocenters. The summed E-state index contributed by atoms with van der Waals surface area (Å²) in [4.78, 5) is 20.1. The fraction of sp³-hybridized carbons (Fsp3) is 0.0667. The molecule has 10 heteroatoms. The van der Waals surface area contributed by atoms with Crippen LogP contribution in [0.4, 0.5) is 26.3 Å². The Hall–Kier alpha value is -3.04. The second kappa shape index (κ2) is 8.71. The molecule has 0 aliphatic rings. The molecule has 2 aromatic carbocycles. The van der Waals surface area contributed by atoms with Crippen LogP contribution in [0, 0.1) is 23.3 Å². The number of hydrogen-bond donors (Lipinski definition) is 1. The van der Waals surface area contributed by atoms with Crippen LogP contribution in [0.3, 0.4) is 0 Å². The van der Waals surface area contributed by atoms with Crippen molar-refractivity contribution < 1.29 is 45.8 Å². The van der Waals surface area contributed by atoms with Gasteiger partial charge in [0.25, 0.3) is 0 Å². The number of aldehydes is 2. The van der Waals surface area contributed by atoms with Gasteiger partial charge in [-0.2, -0.15) is 8.78 Å². The molecule has 0 aliphatic carbocycles. The zero-order chi connectivity index (χ0) is 19.1. The zero-order valence-corrected chi connectivity index (χ0v) is 12.0. The fourth-order valence-electron chi connectivity index (χ4n) is 1.53. The average molecular weight is 366 g/mol. The summed E-state index contributed by atoms with van der Waals surface area (Å²) in [6.07, 6.45) is 0.0148. The Kier molecular flexibility index (Phi) is 6.97. The van der Waals surface area contributed by atoms with Gasteiger partial charge in [0.15, 0.2) is 12.6 Å². The molecule has 2 rings (SSSR count). The summed E-state index contributed by atoms with van der Waals surface area (Å²) in [6.45, 7) is -3.17. The Balaban J connectivity index is 0.000000257. The van der Waals surface area contributed by atoms with Crippen molar-refractivity contribution in [1.82, 2.24) is 0 Å². The van der Waals surface area contributed by atoms with Gasteiger partial charge in [0, 0.05) is 24.3 Å². The number of alkyl halides is 2. The van der Waals surface area contributed by atoms with Gasteiger partial charge in [-0.25, -0.2) is 17.6 Å². The quantitative estimate of drug-likeness (QED) is 0.659. The first-order valence-electron chi connectivity index (χ1n) is 6.21. The summed E-state index contributed by atoms with van der Waals surface area (Å²) in [6, 6.07) is 2.37. The second-order valence-corrected chi connectivity index (χ2v) is 4.24. The van der Waals surface area contributed by atoms with E-state index in [-0.39, 0.29) is 12.6 Å². The second-order valence-electron chi connectivity index (χ2n) is 4.24. The van der Waals surface area contributed by atoms with Crippen LogP contribution < -0.4 is 4.74 Å². The van der Waals surface area contributed by atoms with Gasteiger partial charge in [-0.15, -0.1) is 0 Å². The summed E-state index contributed by atoms with van der Waals surface area (Å²) >= 11 is 0. The highest BCUT2D eigenvalue weighted by Crippen LogP contribution is 2.21. The molecule has 0 saturated heterocycles. The van der Waals surface area contributed by atoms with E-state index < -0.39 is 52.5 Å². The lowest BCUT2D eigenvalue weighted by Gasteiger charge is -2.05. The van der Waals surface area contributed by atoms with Gasteiger partial charge in [0.05, 0.1) is 11.1 Å². The molecule has 0 spiro atoms. The Labute approximate surface area is 136 Å². The Bertz CT molecular complexity index is 733. The molecule has 0 saturated carbocycles. The van der Waals surface area contributed by atoms with E-state index in [2.05, 4.69) is 4.74 Å². The smallest absolute Gasteiger partial charge is 0.387 e. The van der Waals surface area contributed by atoms with Crippen molar-refractivity contribution in [3.05, 3.63) is 58.7 Å². The van der Waals surface area contributed by atoms with E-state index in [1.807, 2.05) is 0 Å². The van der Waals surface area contributed by atoms with E-state index in [0.717, 1.165) is 0 Å². The zero-order valence-electron chi connectivity index (χ0n) is 12.0. The molecule has 0 aromatic heterocycles. The molecule has 1 N–H and O–H groups in total. The van der Waals surface area contributed by atoms with Crippen molar-refractivity contribution >= 4 is 12.6 Å². The third-order valence-electron chi connectivity index (χ3n) is 2.58. The highest BCUT2D eigenvalue weighted by Gasteiger charge is 2.13. The number of carbonyl (C=O) groups excluding carboxylic acids is 2. The number of phenols is 1. The van der Waals surface area contributed by atoms with Gasteiger partial charge in [0.2, 0.25) is 0 Å². The lowest BCUT2D eigenvalue weighted by molar-refractivity contribution is -0.0501. The van der Waals surface area contributed by atoms with Crippen LogP contribution >= 0.6 is 0 Å². The molecule has 0 radical (unpaired) electrons. The summed E-state index contributed by atoms with van der Waals surface area (Å²) < 4.78 is 77.5. The summed E-state index contributed by atoms with van der Waals surface area (Å²) in [5.74, 6) is -5.80. The molecule has 25 heavy (non-hydrogen) atoms. The van der Waals surface area contributed by atoms with Crippen molar-refractivity contribution in [2.45, 2.75) is 6.61 Å². The minimum Gasteiger partial charge on any atom is -0.508 e. The van der Waals surface area contributed by atoms with Gasteiger partial charge < -0.3 is 9.84 Å². The Morgan fingerprint density at radius 1 is 0.800 bits per heavy atom. The van der Waals surface area contributed by atoms with Crippen LogP contribution in [-0.4, -0.2) is 24.3 Å². The maximum atomic E-state index is 12.8. The SMILES string of the molecule is O=Cc1c(F)cc(O)cc1F.O=Cc1c(F)cc(OC(F)F)cc1F. The van der Waals surface area contributed by atoms with Crippen LogP contribution in [0.15, 0.2) is 24.3 Å². The average Bonchev–Trinajstić information content (AvgIpc) is 2.46. The molecule has 0 aliphatic heterocycles. The van der Waals surface area contributed by atoms with Crippen LogP contribution in [0.25, 0.3) is 0 Å². The van der Waals surface area contributed by atoms with E-state index in [1.165, 1.54) is 0 Å². The van der Waals surface area contributed by atoms with Crippen LogP contribution in [-0.2, 0) is 0 Å². The molecule has 4 nitrogen and oxygen atoms in total. The van der Waals surface area contributed by atoms with Crippen LogP contribution in [0.5, 0.6) is 11.5 Å². The van der Waals surface area contributed by atoms with Crippen molar-refractivity contribution in [2.24, 2.45) is 0 Å². The highest BCUT2D eigenvalue weighted by molar-refractivity contribution is 5.76. The Morgan fingerprint density at radius 2 is 1.16 bits per heavy atom. The number of ether oxygens (including phenoxy) is 1. The predicted octanol–water partition coefficient (Wildman–Crippen LogP) is 3.86. The lowest BCUT2D eigenvalue weighted by atomic mass is 10.2. The van der Waals surface area contributed by atoms with E-state index in [4.69, 9.17) is 5.11 Å². The van der Waals surface area contributed by atoms with Gasteiger partial charge in [-0.05, 0) is 0 Å². The highest BCUT2D eigenvalue weighted by atomic mass is 19.3. The summed E-state index contributed by atoms with van der Waals surface area (Å²) in [5, 5.41) is 8.62. The number of carbonyl (C=O) groups is 2. The predicted molar refractivity (Wildman–Crippen MR) is 71.8 cm³/mol. The summed E-state index contributed by atoms with van der Waals surface area (Å²) in [5.41, 5.74) is -1.48. The fourth-order valence-corrected chi connectivity index (χ4v) is 1.53. The van der Waals surface area contributed by atoms with Crippen molar-refractivity contribution in [1.29, 1.82) is 0 Å². The van der Waals surface area contributed by atoms with Crippen molar-refractivity contribution in [2.75, 3.05) is 0 Å². The van der Waals surface area contributed by atoms with E-state index in [1.54, 1.807) is 0 Å². The first kappa shape index (κ1) is 20.0. The minimum absolute atomic E-state index is 0.0448. The number of phenolic OH excluding ortho intramolecular Hbond substituents is 1. The van der Waals surface area contributed by atoms with Crippen molar-refractivity contribution in [3.8, 4) is 11.5 Å². The standard InChI is InChI=1S/C8H4F4O2.C7H4F2O2/c9-6-1-4(14-8(11)12)2-7(10)5(6)3-13;8-6-1-4(11)2-7(9)5(6)3-10/h1-3,8H;1-3,11H. The van der Waals surface area contributed by atoms with Gasteiger partial charge in [-0.3, -0.25) is 9.59 Å². The molecular formula is C15H8F6O4. The molecule has 0 unspecified atom stereocenters. The number of aromatic hydroxyl groups is 1. The van der Waals surface area contributed by atoms with Crippen LogP contribution in [0.1, 0.15) is 20.7 Å². The van der Waals surface area contributed by atoms with Gasteiger partial charge in [-0.1, -0.05) is 0 Å². The van der Waals surface area contributed by atoms with Crippen molar-refractivity contribution in [3.63, 3.8) is 0 Å². The third-order valence-corrected chi connectivity index (χ3v) is 2.58. The molecular weight excluding hydrogens is 358 g/mol. The first-order valence-corrected chi connectivity index (χ1v) is 6.21. The molecule has 0 fully saturated rings. The molecule has 134 valence electrons. The first-order chi connectivity index (χ1) is 11.7. The van der Waals surface area contributed by atoms with Crippen LogP contribution in [0.2, 0.25) is 0 Å². The van der Waals surface area contributed by atoms with E-state index in [9.17, 15) is 35.9 Å². The van der Waals surface area contributed by atoms with E-state index >= 15 is 0 Å². The maximum Gasteiger partial charge on any atom is 0.387 e. The Morgan fingerprint density at radius 3 is 1.48 bits per heavy atom. The molecule has 0 bridgehead atoms. The number of halogens is 6. The lowest BCUT2D eigenvalue weighted by Crippen LogP contribution is -2.04. The van der Waals surface area contributed by atoms with E-state index in [0.29, 0.717) is 24.3 Å². The number of hydrogen-bond acceptors (Lipinski definition) is 4. The molecule has 0 amide bonds.